The Morgan fingerprint density at radius 1 is 1.12 bits per heavy atom. The molecule has 0 spiro atoms. The number of anilines is 1. The van der Waals surface area contributed by atoms with Crippen LogP contribution >= 0.6 is 0 Å². The molecule has 3 aromatic heterocycles. The van der Waals surface area contributed by atoms with Crippen molar-refractivity contribution in [2.45, 2.75) is 44.7 Å². The molecule has 1 amide bonds. The number of hydrogen-bond donors (Lipinski definition) is 0. The third-order valence-electron chi connectivity index (χ3n) is 6.79. The zero-order chi connectivity index (χ0) is 23.9. The fourth-order valence-electron chi connectivity index (χ4n) is 4.90. The quantitative estimate of drug-likeness (QED) is 0.579. The summed E-state index contributed by atoms with van der Waals surface area (Å²) in [6.07, 6.45) is 3.06. The van der Waals surface area contributed by atoms with Crippen LogP contribution in [-0.2, 0) is 17.4 Å². The minimum absolute atomic E-state index is 0.0571. The van der Waals surface area contributed by atoms with Crippen molar-refractivity contribution in [3.63, 3.8) is 0 Å². The molecule has 34 heavy (non-hydrogen) atoms. The lowest BCUT2D eigenvalue weighted by Crippen LogP contribution is -2.42. The van der Waals surface area contributed by atoms with E-state index in [0.29, 0.717) is 37.3 Å². The summed E-state index contributed by atoms with van der Waals surface area (Å²) in [4.78, 5) is 29.9. The Morgan fingerprint density at radius 3 is 2.59 bits per heavy atom. The Bertz CT molecular complexity index is 1170. The van der Waals surface area contributed by atoms with Crippen LogP contribution in [0.3, 0.4) is 0 Å². The van der Waals surface area contributed by atoms with E-state index in [9.17, 15) is 18.0 Å². The number of aryl methyl sites for hydroxylation is 1. The molecule has 2 fully saturated rings. The first-order valence-corrected chi connectivity index (χ1v) is 11.6. The highest BCUT2D eigenvalue weighted by Crippen LogP contribution is 2.33. The first kappa shape index (κ1) is 22.5. The SMILES string of the molecule is CCc1cc(C(F)(F)F)n2nc([C@@H]3CCN(C(=O)C4CCN(c5cnccn5)CC4)C3)cc2n1. The van der Waals surface area contributed by atoms with Gasteiger partial charge in [0.15, 0.2) is 5.65 Å². The highest BCUT2D eigenvalue weighted by Gasteiger charge is 2.37. The molecule has 0 saturated carbocycles. The summed E-state index contributed by atoms with van der Waals surface area (Å²) in [7, 11) is 0. The first-order chi connectivity index (χ1) is 16.3. The summed E-state index contributed by atoms with van der Waals surface area (Å²) in [6.45, 7) is 4.31. The molecule has 0 unspecified atom stereocenters. The van der Waals surface area contributed by atoms with Gasteiger partial charge >= 0.3 is 6.18 Å². The van der Waals surface area contributed by atoms with E-state index in [1.54, 1.807) is 31.6 Å². The summed E-state index contributed by atoms with van der Waals surface area (Å²) < 4.78 is 41.6. The van der Waals surface area contributed by atoms with Gasteiger partial charge in [-0.1, -0.05) is 6.92 Å². The van der Waals surface area contributed by atoms with E-state index in [2.05, 4.69) is 25.0 Å². The molecule has 0 radical (unpaired) electrons. The second kappa shape index (κ2) is 8.84. The number of likely N-dealkylation sites (tertiary alicyclic amines) is 1. The summed E-state index contributed by atoms with van der Waals surface area (Å²) in [5.41, 5.74) is 0.311. The van der Waals surface area contributed by atoms with Gasteiger partial charge in [0.2, 0.25) is 5.91 Å². The smallest absolute Gasteiger partial charge is 0.355 e. The summed E-state index contributed by atoms with van der Waals surface area (Å²) in [5.74, 6) is 0.779. The molecule has 0 aromatic carbocycles. The Balaban J connectivity index is 1.26. The van der Waals surface area contributed by atoms with Crippen LogP contribution < -0.4 is 4.90 Å². The maximum atomic E-state index is 13.6. The number of carbonyl (C=O) groups is 1. The Hall–Kier alpha value is -3.24. The lowest BCUT2D eigenvalue weighted by Gasteiger charge is -2.33. The molecule has 2 saturated heterocycles. The van der Waals surface area contributed by atoms with Gasteiger partial charge < -0.3 is 9.80 Å². The van der Waals surface area contributed by atoms with E-state index in [1.165, 1.54) is 0 Å². The molecule has 1 atom stereocenters. The van der Waals surface area contributed by atoms with Crippen molar-refractivity contribution in [1.82, 2.24) is 29.5 Å². The van der Waals surface area contributed by atoms with Crippen molar-refractivity contribution in [2.24, 2.45) is 5.92 Å². The molecule has 2 aliphatic rings. The van der Waals surface area contributed by atoms with Gasteiger partial charge in [-0.3, -0.25) is 9.78 Å². The number of rotatable bonds is 4. The largest absolute Gasteiger partial charge is 0.433 e. The summed E-state index contributed by atoms with van der Waals surface area (Å²) in [6, 6.07) is 2.69. The standard InChI is InChI=1S/C23H26F3N7O/c1-2-17-11-19(23(24,25)26)33-20(29-17)12-18(30-33)16-5-10-32(14-16)22(34)15-3-8-31(9-4-15)21-13-27-6-7-28-21/h6-7,11-13,15-16H,2-5,8-10,14H2,1H3/t16-/m1/s1. The predicted octanol–water partition coefficient (Wildman–Crippen LogP) is 3.33. The summed E-state index contributed by atoms with van der Waals surface area (Å²) in [5, 5.41) is 4.26. The number of nitrogens with zero attached hydrogens (tertiary/aromatic N) is 7. The van der Waals surface area contributed by atoms with E-state index in [0.717, 1.165) is 42.3 Å². The minimum Gasteiger partial charge on any atom is -0.355 e. The molecule has 180 valence electrons. The molecule has 0 bridgehead atoms. The van der Waals surface area contributed by atoms with E-state index in [1.807, 2.05) is 4.90 Å². The van der Waals surface area contributed by atoms with Crippen LogP contribution in [-0.4, -0.2) is 61.6 Å². The van der Waals surface area contributed by atoms with Crippen LogP contribution in [0, 0.1) is 5.92 Å². The normalized spacial score (nSPS) is 19.8. The number of fused-ring (bicyclic) bond motifs is 1. The average molecular weight is 474 g/mol. The lowest BCUT2D eigenvalue weighted by molar-refractivity contribution is -0.142. The van der Waals surface area contributed by atoms with Crippen molar-refractivity contribution in [3.05, 3.63) is 47.8 Å². The van der Waals surface area contributed by atoms with Crippen molar-refractivity contribution in [1.29, 1.82) is 0 Å². The number of alkyl halides is 3. The Labute approximate surface area is 194 Å². The van der Waals surface area contributed by atoms with Gasteiger partial charge in [-0.05, 0) is 31.7 Å². The topological polar surface area (TPSA) is 79.5 Å². The van der Waals surface area contributed by atoms with Crippen LogP contribution in [0.2, 0.25) is 0 Å². The van der Waals surface area contributed by atoms with Crippen molar-refractivity contribution in [2.75, 3.05) is 31.1 Å². The number of carbonyl (C=O) groups excluding carboxylic acids is 1. The third-order valence-corrected chi connectivity index (χ3v) is 6.79. The van der Waals surface area contributed by atoms with Crippen molar-refractivity contribution >= 4 is 17.4 Å². The number of hydrogen-bond acceptors (Lipinski definition) is 6. The molecule has 5 rings (SSSR count). The number of piperidine rings is 1. The molecule has 8 nitrogen and oxygen atoms in total. The zero-order valence-electron chi connectivity index (χ0n) is 18.9. The van der Waals surface area contributed by atoms with Gasteiger partial charge in [0.05, 0.1) is 11.9 Å². The maximum absolute atomic E-state index is 13.6. The van der Waals surface area contributed by atoms with Crippen LogP contribution in [0.15, 0.2) is 30.7 Å². The van der Waals surface area contributed by atoms with Gasteiger partial charge in [-0.25, -0.2) is 14.5 Å². The second-order valence-electron chi connectivity index (χ2n) is 8.92. The van der Waals surface area contributed by atoms with Gasteiger partial charge in [-0.2, -0.15) is 18.3 Å². The number of amides is 1. The van der Waals surface area contributed by atoms with Gasteiger partial charge in [0.1, 0.15) is 11.5 Å². The predicted molar refractivity (Wildman–Crippen MR) is 118 cm³/mol. The fraction of sp³-hybridized carbons (Fsp3) is 0.522. The maximum Gasteiger partial charge on any atom is 0.433 e. The Kier molecular flexibility index (Phi) is 5.86. The van der Waals surface area contributed by atoms with Gasteiger partial charge in [-0.15, -0.1) is 0 Å². The van der Waals surface area contributed by atoms with Gasteiger partial charge in [0, 0.05) is 62.2 Å². The van der Waals surface area contributed by atoms with E-state index < -0.39 is 11.9 Å². The van der Waals surface area contributed by atoms with E-state index >= 15 is 0 Å². The van der Waals surface area contributed by atoms with Crippen molar-refractivity contribution < 1.29 is 18.0 Å². The van der Waals surface area contributed by atoms with Crippen LogP contribution in [0.5, 0.6) is 0 Å². The highest BCUT2D eigenvalue weighted by atomic mass is 19.4. The van der Waals surface area contributed by atoms with Crippen molar-refractivity contribution in [3.8, 4) is 0 Å². The monoisotopic (exact) mass is 473 g/mol. The number of halogens is 3. The molecule has 11 heteroatoms. The molecule has 0 N–H and O–H groups in total. The minimum atomic E-state index is -4.52. The third kappa shape index (κ3) is 4.30. The lowest BCUT2D eigenvalue weighted by atomic mass is 9.95. The van der Waals surface area contributed by atoms with Crippen LogP contribution in [0.25, 0.3) is 5.65 Å². The first-order valence-electron chi connectivity index (χ1n) is 11.6. The van der Waals surface area contributed by atoms with Crippen LogP contribution in [0.1, 0.15) is 49.2 Å². The molecule has 2 aliphatic heterocycles. The highest BCUT2D eigenvalue weighted by molar-refractivity contribution is 5.79. The average Bonchev–Trinajstić information content (AvgIpc) is 3.50. The van der Waals surface area contributed by atoms with E-state index in [-0.39, 0.29) is 23.4 Å². The number of aromatic nitrogens is 5. The fourth-order valence-corrected chi connectivity index (χ4v) is 4.90. The van der Waals surface area contributed by atoms with Crippen LogP contribution in [0.4, 0.5) is 19.0 Å². The molecule has 5 heterocycles. The second-order valence-corrected chi connectivity index (χ2v) is 8.92. The molecular weight excluding hydrogens is 447 g/mol. The van der Waals surface area contributed by atoms with Gasteiger partial charge in [0.25, 0.3) is 0 Å². The van der Waals surface area contributed by atoms with E-state index in [4.69, 9.17) is 0 Å². The summed E-state index contributed by atoms with van der Waals surface area (Å²) >= 11 is 0. The molecule has 0 aliphatic carbocycles. The molecular formula is C23H26F3N7O. The Morgan fingerprint density at radius 2 is 1.91 bits per heavy atom. The zero-order valence-corrected chi connectivity index (χ0v) is 18.9. The molecule has 3 aromatic rings.